The van der Waals surface area contributed by atoms with Gasteiger partial charge < -0.3 is 5.11 Å². The second kappa shape index (κ2) is 8.46. The number of halogens is 1. The molecule has 0 aromatic heterocycles. The fourth-order valence-electron chi connectivity index (χ4n) is 2.34. The molecule has 5 heteroatoms. The third-order valence-corrected chi connectivity index (χ3v) is 4.28. The number of piperidine rings is 1. The highest BCUT2D eigenvalue weighted by Gasteiger charge is 2.27. The number of thioether (sulfide) groups is 1. The van der Waals surface area contributed by atoms with Gasteiger partial charge in [-0.15, -0.1) is 24.2 Å². The maximum absolute atomic E-state index is 11.1. The lowest BCUT2D eigenvalue weighted by Crippen LogP contribution is -2.45. The van der Waals surface area contributed by atoms with Crippen molar-refractivity contribution in [3.63, 3.8) is 0 Å². The fourth-order valence-corrected chi connectivity index (χ4v) is 3.25. The number of likely N-dealkylation sites (tertiary alicyclic amines) is 1. The zero-order valence-electron chi connectivity index (χ0n) is 10.8. The minimum Gasteiger partial charge on any atom is -0.480 e. The van der Waals surface area contributed by atoms with Gasteiger partial charge in [-0.1, -0.05) is 24.6 Å². The molecule has 1 aromatic carbocycles. The van der Waals surface area contributed by atoms with Crippen molar-refractivity contribution in [3.8, 4) is 0 Å². The molecule has 106 valence electrons. The summed E-state index contributed by atoms with van der Waals surface area (Å²) in [5, 5.41) is 9.18. The highest BCUT2D eigenvalue weighted by molar-refractivity contribution is 7.99. The summed E-state index contributed by atoms with van der Waals surface area (Å²) in [6, 6.07) is 9.99. The van der Waals surface area contributed by atoms with Gasteiger partial charge in [0.05, 0.1) is 0 Å². The van der Waals surface area contributed by atoms with Crippen LogP contribution in [0, 0.1) is 0 Å². The van der Waals surface area contributed by atoms with Gasteiger partial charge in [0, 0.05) is 17.2 Å². The Bertz CT molecular complexity index is 388. The summed E-state index contributed by atoms with van der Waals surface area (Å²) < 4.78 is 0. The lowest BCUT2D eigenvalue weighted by atomic mass is 10.0. The first-order valence-corrected chi connectivity index (χ1v) is 7.40. The van der Waals surface area contributed by atoms with E-state index in [0.717, 1.165) is 38.1 Å². The van der Waals surface area contributed by atoms with Crippen molar-refractivity contribution < 1.29 is 9.90 Å². The highest BCUT2D eigenvalue weighted by atomic mass is 35.5. The van der Waals surface area contributed by atoms with Gasteiger partial charge in [0.1, 0.15) is 6.04 Å². The smallest absolute Gasteiger partial charge is 0.320 e. The Morgan fingerprint density at radius 3 is 2.74 bits per heavy atom. The molecule has 1 aromatic rings. The van der Waals surface area contributed by atoms with Crippen LogP contribution in [0.4, 0.5) is 0 Å². The van der Waals surface area contributed by atoms with Crippen molar-refractivity contribution in [2.24, 2.45) is 0 Å². The predicted octanol–water partition coefficient (Wildman–Crippen LogP) is 3.14. The van der Waals surface area contributed by atoms with Gasteiger partial charge >= 0.3 is 5.97 Å². The van der Waals surface area contributed by atoms with E-state index in [4.69, 9.17) is 0 Å². The second-order valence-corrected chi connectivity index (χ2v) is 5.72. The molecular weight excluding hydrogens is 282 g/mol. The summed E-state index contributed by atoms with van der Waals surface area (Å²) in [6.45, 7) is 1.78. The number of rotatable bonds is 5. The molecule has 1 aliphatic heterocycles. The molecule has 1 fully saturated rings. The first-order chi connectivity index (χ1) is 8.77. The van der Waals surface area contributed by atoms with Gasteiger partial charge in [-0.3, -0.25) is 9.69 Å². The zero-order chi connectivity index (χ0) is 12.8. The average molecular weight is 302 g/mol. The maximum Gasteiger partial charge on any atom is 0.320 e. The molecule has 0 saturated carbocycles. The van der Waals surface area contributed by atoms with E-state index in [-0.39, 0.29) is 18.4 Å². The lowest BCUT2D eigenvalue weighted by Gasteiger charge is -2.32. The molecule has 1 N–H and O–H groups in total. The molecule has 19 heavy (non-hydrogen) atoms. The Kier molecular flexibility index (Phi) is 7.28. The summed E-state index contributed by atoms with van der Waals surface area (Å²) in [7, 11) is 0. The summed E-state index contributed by atoms with van der Waals surface area (Å²) in [4.78, 5) is 14.5. The van der Waals surface area contributed by atoms with E-state index in [1.54, 1.807) is 11.8 Å². The van der Waals surface area contributed by atoms with Crippen molar-refractivity contribution in [3.05, 3.63) is 30.3 Å². The molecular formula is C14H20ClNO2S. The number of hydrogen-bond donors (Lipinski definition) is 1. The molecule has 1 atom stereocenters. The maximum atomic E-state index is 11.1. The monoisotopic (exact) mass is 301 g/mol. The van der Waals surface area contributed by atoms with Crippen molar-refractivity contribution in [1.82, 2.24) is 4.90 Å². The van der Waals surface area contributed by atoms with Gasteiger partial charge in [0.2, 0.25) is 0 Å². The van der Waals surface area contributed by atoms with Gasteiger partial charge in [0.15, 0.2) is 0 Å². The molecule has 1 heterocycles. The summed E-state index contributed by atoms with van der Waals surface area (Å²) in [5.41, 5.74) is 0. The van der Waals surface area contributed by atoms with Gasteiger partial charge in [-0.25, -0.2) is 0 Å². The first kappa shape index (κ1) is 16.3. The lowest BCUT2D eigenvalue weighted by molar-refractivity contribution is -0.144. The molecule has 1 saturated heterocycles. The van der Waals surface area contributed by atoms with E-state index in [1.165, 1.54) is 4.90 Å². The van der Waals surface area contributed by atoms with Crippen LogP contribution >= 0.6 is 24.2 Å². The Morgan fingerprint density at radius 1 is 1.32 bits per heavy atom. The molecule has 1 unspecified atom stereocenters. The van der Waals surface area contributed by atoms with Gasteiger partial charge in [0.25, 0.3) is 0 Å². The first-order valence-electron chi connectivity index (χ1n) is 6.42. The van der Waals surface area contributed by atoms with E-state index in [2.05, 4.69) is 17.0 Å². The minimum absolute atomic E-state index is 0. The van der Waals surface area contributed by atoms with Crippen molar-refractivity contribution in [1.29, 1.82) is 0 Å². The van der Waals surface area contributed by atoms with E-state index in [0.29, 0.717) is 0 Å². The summed E-state index contributed by atoms with van der Waals surface area (Å²) in [5.74, 6) is 0.285. The van der Waals surface area contributed by atoms with Gasteiger partial charge in [-0.05, 0) is 31.5 Å². The Hall–Kier alpha value is -0.710. The normalized spacial score (nSPS) is 19.7. The summed E-state index contributed by atoms with van der Waals surface area (Å²) in [6.07, 6.45) is 2.96. The van der Waals surface area contributed by atoms with Crippen LogP contribution in [0.25, 0.3) is 0 Å². The van der Waals surface area contributed by atoms with Crippen LogP contribution in [0.15, 0.2) is 35.2 Å². The van der Waals surface area contributed by atoms with Crippen LogP contribution in [-0.4, -0.2) is 40.9 Å². The SMILES string of the molecule is Cl.O=C(O)C1CCCCN1CCSc1ccccc1. The third kappa shape index (κ3) is 5.05. The van der Waals surface area contributed by atoms with Crippen LogP contribution in [0.5, 0.6) is 0 Å². The number of carboxylic acid groups (broad SMARTS) is 1. The Labute approximate surface area is 124 Å². The van der Waals surface area contributed by atoms with Crippen molar-refractivity contribution in [2.45, 2.75) is 30.2 Å². The molecule has 0 spiro atoms. The van der Waals surface area contributed by atoms with Crippen LogP contribution in [0.3, 0.4) is 0 Å². The molecule has 0 radical (unpaired) electrons. The second-order valence-electron chi connectivity index (χ2n) is 4.55. The number of carboxylic acids is 1. The largest absolute Gasteiger partial charge is 0.480 e. The van der Waals surface area contributed by atoms with Gasteiger partial charge in [-0.2, -0.15) is 0 Å². The van der Waals surface area contributed by atoms with E-state index < -0.39 is 5.97 Å². The molecule has 0 bridgehead atoms. The van der Waals surface area contributed by atoms with E-state index >= 15 is 0 Å². The van der Waals surface area contributed by atoms with E-state index in [1.807, 2.05) is 18.2 Å². The molecule has 2 rings (SSSR count). The minimum atomic E-state index is -0.667. The molecule has 1 aliphatic rings. The Balaban J connectivity index is 0.00000180. The van der Waals surface area contributed by atoms with E-state index in [9.17, 15) is 9.90 Å². The van der Waals surface area contributed by atoms with Crippen LogP contribution in [0.2, 0.25) is 0 Å². The van der Waals surface area contributed by atoms with Crippen LogP contribution in [0.1, 0.15) is 19.3 Å². The number of nitrogens with zero attached hydrogens (tertiary/aromatic N) is 1. The third-order valence-electron chi connectivity index (χ3n) is 3.29. The highest BCUT2D eigenvalue weighted by Crippen LogP contribution is 2.20. The standard InChI is InChI=1S/C14H19NO2S.ClH/c16-14(17)13-8-4-5-9-15(13)10-11-18-12-6-2-1-3-7-12;/h1-3,6-7,13H,4-5,8-11H2,(H,16,17);1H. The number of aliphatic carboxylic acids is 1. The van der Waals surface area contributed by atoms with Crippen molar-refractivity contribution in [2.75, 3.05) is 18.8 Å². The topological polar surface area (TPSA) is 40.5 Å². The number of hydrogen-bond acceptors (Lipinski definition) is 3. The fraction of sp³-hybridized carbons (Fsp3) is 0.500. The zero-order valence-corrected chi connectivity index (χ0v) is 12.5. The molecule has 3 nitrogen and oxygen atoms in total. The van der Waals surface area contributed by atoms with Crippen molar-refractivity contribution >= 4 is 30.1 Å². The van der Waals surface area contributed by atoms with Crippen LogP contribution < -0.4 is 0 Å². The number of carbonyl (C=O) groups is 1. The number of benzene rings is 1. The molecule has 0 aliphatic carbocycles. The van der Waals surface area contributed by atoms with Crippen LogP contribution in [-0.2, 0) is 4.79 Å². The Morgan fingerprint density at radius 2 is 2.05 bits per heavy atom. The summed E-state index contributed by atoms with van der Waals surface area (Å²) >= 11 is 1.79. The molecule has 0 amide bonds. The average Bonchev–Trinajstić information content (AvgIpc) is 2.40. The quantitative estimate of drug-likeness (QED) is 0.848. The predicted molar refractivity (Wildman–Crippen MR) is 81.3 cm³/mol.